The lowest BCUT2D eigenvalue weighted by Crippen LogP contribution is -2.64. The Morgan fingerprint density at radius 2 is 1.69 bits per heavy atom. The first-order chi connectivity index (χ1) is 22.8. The molecule has 49 heavy (non-hydrogen) atoms. The van der Waals surface area contributed by atoms with Crippen LogP contribution in [0, 0.1) is 17.8 Å². The van der Waals surface area contributed by atoms with Gasteiger partial charge in [-0.1, -0.05) is 20.8 Å². The molecule has 3 aliphatic rings. The van der Waals surface area contributed by atoms with Crippen molar-refractivity contribution in [3.63, 3.8) is 0 Å². The van der Waals surface area contributed by atoms with Gasteiger partial charge in [0, 0.05) is 44.3 Å². The Balaban J connectivity index is 2.09. The number of nitrogens with zero attached hydrogens (tertiary/aromatic N) is 2. The van der Waals surface area contributed by atoms with Crippen molar-refractivity contribution in [2.45, 2.75) is 140 Å². The SMILES string of the molecule is CC[C@H]1OC(=O)C(C)[C@@](O)(CNCN2CCOCC2)[C@H](C)[C@@H](O[C@@H]2O[C@H](C)C[C@H](N(C)C)[C@H]2O)[C@@](C)(O)C[C@@H](C)CN[C@H](C)[C@@H](O)[C@]1(C)O. The number of morpholine rings is 1. The fourth-order valence-electron chi connectivity index (χ4n) is 7.90. The summed E-state index contributed by atoms with van der Waals surface area (Å²) in [6, 6.07) is -0.853. The second-order valence-electron chi connectivity index (χ2n) is 15.8. The van der Waals surface area contributed by atoms with Crippen LogP contribution in [0.2, 0.25) is 0 Å². The van der Waals surface area contributed by atoms with E-state index in [0.29, 0.717) is 45.9 Å². The molecule has 0 aromatic rings. The number of carbonyl (C=O) groups excluding carboxylic acids is 1. The molecule has 0 radical (unpaired) electrons. The first kappa shape index (κ1) is 42.4. The van der Waals surface area contributed by atoms with E-state index in [-0.39, 0.29) is 37.5 Å². The van der Waals surface area contributed by atoms with Gasteiger partial charge in [0.15, 0.2) is 6.29 Å². The number of cyclic esters (lactones) is 1. The third-order valence-electron chi connectivity index (χ3n) is 11.3. The number of carbonyl (C=O) groups is 1. The molecule has 1 unspecified atom stereocenters. The molecule has 0 aromatic heterocycles. The molecule has 0 aliphatic carbocycles. The van der Waals surface area contributed by atoms with Crippen LogP contribution >= 0.6 is 0 Å². The van der Waals surface area contributed by atoms with Crippen molar-refractivity contribution in [3.05, 3.63) is 0 Å². The van der Waals surface area contributed by atoms with Gasteiger partial charge in [-0.05, 0) is 80.4 Å². The molecule has 0 spiro atoms. The van der Waals surface area contributed by atoms with Crippen LogP contribution in [0.3, 0.4) is 0 Å². The molecule has 3 heterocycles. The van der Waals surface area contributed by atoms with Crippen molar-refractivity contribution in [3.8, 4) is 0 Å². The van der Waals surface area contributed by atoms with Gasteiger partial charge in [0.25, 0.3) is 0 Å². The molecule has 14 nitrogen and oxygen atoms in total. The highest BCUT2D eigenvalue weighted by Crippen LogP contribution is 2.40. The van der Waals surface area contributed by atoms with Crippen LogP contribution in [-0.2, 0) is 23.7 Å². The van der Waals surface area contributed by atoms with Crippen LogP contribution in [-0.4, -0.2) is 167 Å². The Kier molecular flexibility index (Phi) is 15.3. The van der Waals surface area contributed by atoms with Gasteiger partial charge in [-0.25, -0.2) is 0 Å². The predicted molar refractivity (Wildman–Crippen MR) is 185 cm³/mol. The molecule has 3 rings (SSSR count). The predicted octanol–water partition coefficient (Wildman–Crippen LogP) is -0.117. The van der Waals surface area contributed by atoms with E-state index in [0.717, 1.165) is 0 Å². The molecule has 288 valence electrons. The van der Waals surface area contributed by atoms with Gasteiger partial charge in [-0.3, -0.25) is 9.69 Å². The minimum absolute atomic E-state index is 0.0630. The van der Waals surface area contributed by atoms with Crippen LogP contribution in [0.4, 0.5) is 0 Å². The van der Waals surface area contributed by atoms with E-state index in [9.17, 15) is 30.3 Å². The molecule has 0 aromatic carbocycles. The summed E-state index contributed by atoms with van der Waals surface area (Å²) in [5, 5.41) is 65.9. The molecule has 3 fully saturated rings. The monoisotopic (exact) mass is 704 g/mol. The highest BCUT2D eigenvalue weighted by molar-refractivity contribution is 5.74. The van der Waals surface area contributed by atoms with Gasteiger partial charge < -0.3 is 60.0 Å². The van der Waals surface area contributed by atoms with E-state index >= 15 is 0 Å². The van der Waals surface area contributed by atoms with E-state index < -0.39 is 71.4 Å². The summed E-state index contributed by atoms with van der Waals surface area (Å²) >= 11 is 0. The maximum absolute atomic E-state index is 14.0. The maximum Gasteiger partial charge on any atom is 0.312 e. The highest BCUT2D eigenvalue weighted by Gasteiger charge is 2.54. The van der Waals surface area contributed by atoms with Gasteiger partial charge >= 0.3 is 5.97 Å². The van der Waals surface area contributed by atoms with Crippen LogP contribution in [0.25, 0.3) is 0 Å². The molecular formula is C35H68N4O10. The number of aliphatic hydroxyl groups is 5. The molecular weight excluding hydrogens is 636 g/mol. The summed E-state index contributed by atoms with van der Waals surface area (Å²) in [7, 11) is 3.76. The number of rotatable bonds is 8. The normalized spacial score (nSPS) is 45.8. The number of hydrogen-bond donors (Lipinski definition) is 7. The molecule has 14 heteroatoms. The smallest absolute Gasteiger partial charge is 0.312 e. The molecule has 7 N–H and O–H groups in total. The van der Waals surface area contributed by atoms with E-state index in [1.54, 1.807) is 34.6 Å². The van der Waals surface area contributed by atoms with Crippen molar-refractivity contribution >= 4 is 5.97 Å². The lowest BCUT2D eigenvalue weighted by molar-refractivity contribution is -0.304. The zero-order valence-electron chi connectivity index (χ0n) is 31.6. The zero-order chi connectivity index (χ0) is 36.9. The average Bonchev–Trinajstić information content (AvgIpc) is 3.04. The van der Waals surface area contributed by atoms with Crippen molar-refractivity contribution in [1.82, 2.24) is 20.4 Å². The number of aliphatic hydroxyl groups excluding tert-OH is 2. The lowest BCUT2D eigenvalue weighted by atomic mass is 9.70. The fourth-order valence-corrected chi connectivity index (χ4v) is 7.90. The minimum atomic E-state index is -1.86. The van der Waals surface area contributed by atoms with Gasteiger partial charge in [-0.2, -0.15) is 0 Å². The summed E-state index contributed by atoms with van der Waals surface area (Å²) in [6.45, 7) is 17.1. The third kappa shape index (κ3) is 10.3. The van der Waals surface area contributed by atoms with E-state index in [1.807, 2.05) is 32.8 Å². The van der Waals surface area contributed by atoms with E-state index in [4.69, 9.17) is 18.9 Å². The fraction of sp³-hybridized carbons (Fsp3) is 0.971. The average molecular weight is 705 g/mol. The molecule has 0 saturated carbocycles. The quantitative estimate of drug-likeness (QED) is 0.166. The number of nitrogens with one attached hydrogen (secondary N) is 2. The van der Waals surface area contributed by atoms with Crippen molar-refractivity contribution < 1.29 is 49.3 Å². The van der Waals surface area contributed by atoms with Gasteiger partial charge in [0.2, 0.25) is 0 Å². The van der Waals surface area contributed by atoms with Crippen molar-refractivity contribution in [2.24, 2.45) is 17.8 Å². The maximum atomic E-state index is 14.0. The summed E-state index contributed by atoms with van der Waals surface area (Å²) in [5.41, 5.74) is -5.25. The van der Waals surface area contributed by atoms with E-state index in [1.165, 1.54) is 6.92 Å². The molecule has 0 bridgehead atoms. The van der Waals surface area contributed by atoms with Crippen LogP contribution < -0.4 is 10.6 Å². The van der Waals surface area contributed by atoms with Crippen LogP contribution in [0.5, 0.6) is 0 Å². The standard InChI is InChI=1S/C35H68N4O10/c1-11-27-34(8,44)29(41)25(6)37-18-21(2)17-33(7,43)30(49-32-28(40)26(38(9)10)16-22(3)47-32)23(4)35(45,24(5)31(42)48-27)19-36-20-39-12-14-46-15-13-39/h21-30,32,36-37,40-41,43-45H,11-20H2,1-10H3/t21-,22-,23-,24?,25-,26+,27-,28-,29-,30-,32+,33+,34-,35-/m1/s1. The Hall–Kier alpha value is -1.01. The van der Waals surface area contributed by atoms with Gasteiger partial charge in [0.05, 0.1) is 42.5 Å². The first-order valence-electron chi connectivity index (χ1n) is 18.2. The Morgan fingerprint density at radius 1 is 1.06 bits per heavy atom. The Labute approximate surface area is 293 Å². The lowest BCUT2D eigenvalue weighted by Gasteiger charge is -2.49. The van der Waals surface area contributed by atoms with Crippen LogP contribution in [0.1, 0.15) is 74.7 Å². The van der Waals surface area contributed by atoms with Crippen LogP contribution in [0.15, 0.2) is 0 Å². The molecule has 14 atom stereocenters. The minimum Gasteiger partial charge on any atom is -0.459 e. The third-order valence-corrected chi connectivity index (χ3v) is 11.3. The highest BCUT2D eigenvalue weighted by atomic mass is 16.7. The second-order valence-corrected chi connectivity index (χ2v) is 15.8. The number of hydrogen-bond acceptors (Lipinski definition) is 14. The molecule has 3 aliphatic heterocycles. The summed E-state index contributed by atoms with van der Waals surface area (Å²) < 4.78 is 24.2. The first-order valence-corrected chi connectivity index (χ1v) is 18.2. The van der Waals surface area contributed by atoms with Crippen molar-refractivity contribution in [1.29, 1.82) is 0 Å². The number of likely N-dealkylation sites (N-methyl/N-ethyl adjacent to an activating group) is 1. The summed E-state index contributed by atoms with van der Waals surface area (Å²) in [4.78, 5) is 18.1. The Bertz CT molecular complexity index is 1030. The number of esters is 1. The number of ether oxygens (including phenoxy) is 4. The largest absolute Gasteiger partial charge is 0.459 e. The van der Waals surface area contributed by atoms with E-state index in [2.05, 4.69) is 15.5 Å². The van der Waals surface area contributed by atoms with Crippen molar-refractivity contribution in [2.75, 3.05) is 60.2 Å². The zero-order valence-corrected chi connectivity index (χ0v) is 31.6. The Morgan fingerprint density at radius 3 is 2.29 bits per heavy atom. The van der Waals surface area contributed by atoms with Gasteiger partial charge in [0.1, 0.15) is 23.9 Å². The molecule has 3 saturated heterocycles. The topological polar surface area (TPSA) is 186 Å². The summed E-state index contributed by atoms with van der Waals surface area (Å²) in [6.07, 6.45) is -4.89. The second kappa shape index (κ2) is 17.7. The summed E-state index contributed by atoms with van der Waals surface area (Å²) in [5.74, 6) is -3.01. The molecule has 0 amide bonds. The van der Waals surface area contributed by atoms with Gasteiger partial charge in [-0.15, -0.1) is 0 Å².